The number of carbonyl (C=O) groups is 1. The number of halogens is 2. The van der Waals surface area contributed by atoms with Crippen LogP contribution in [-0.4, -0.2) is 48.9 Å². The summed E-state index contributed by atoms with van der Waals surface area (Å²) in [6.07, 6.45) is 3.37. The molecule has 3 aromatic rings. The minimum absolute atomic E-state index is 0.0363. The van der Waals surface area contributed by atoms with Crippen LogP contribution in [0.5, 0.6) is 0 Å². The molecule has 4 rings (SSSR count). The zero-order valence-electron chi connectivity index (χ0n) is 18.1. The highest BCUT2D eigenvalue weighted by Crippen LogP contribution is 2.28. The predicted molar refractivity (Wildman–Crippen MR) is 124 cm³/mol. The maximum atomic E-state index is 12.9. The minimum atomic E-state index is -0.343. The Morgan fingerprint density at radius 3 is 2.66 bits per heavy atom. The van der Waals surface area contributed by atoms with E-state index in [1.54, 1.807) is 18.2 Å². The molecule has 32 heavy (non-hydrogen) atoms. The van der Waals surface area contributed by atoms with Gasteiger partial charge in [0.25, 0.3) is 5.56 Å². The molecule has 1 N–H and O–H groups in total. The van der Waals surface area contributed by atoms with E-state index in [4.69, 9.17) is 28.2 Å². The number of carbonyl (C=O) groups excluding carboxylic acids is 1. The van der Waals surface area contributed by atoms with Crippen molar-refractivity contribution in [3.8, 4) is 0 Å². The largest absolute Gasteiger partial charge is 0.342 e. The lowest BCUT2D eigenvalue weighted by Crippen LogP contribution is -2.42. The normalized spacial score (nSPS) is 16.8. The molecule has 170 valence electrons. The first-order valence-electron chi connectivity index (χ1n) is 11.0. The fraction of sp³-hybridized carbons (Fsp3) is 0.500. The number of nitrogens with zero attached hydrogens (tertiary/aromatic N) is 5. The van der Waals surface area contributed by atoms with Crippen molar-refractivity contribution in [3.05, 3.63) is 50.0 Å². The molecule has 0 radical (unpaired) electrons. The first-order chi connectivity index (χ1) is 15.4. The minimum Gasteiger partial charge on any atom is -0.342 e. The molecule has 1 aliphatic heterocycles. The molecule has 1 unspecified atom stereocenters. The molecular weight excluding hydrogens is 451 g/mol. The van der Waals surface area contributed by atoms with Crippen molar-refractivity contribution in [1.82, 2.24) is 29.9 Å². The van der Waals surface area contributed by atoms with Crippen molar-refractivity contribution < 1.29 is 4.79 Å². The number of aromatic nitrogens is 5. The van der Waals surface area contributed by atoms with Crippen LogP contribution in [0.25, 0.3) is 11.2 Å². The number of hydrogen-bond donors (Lipinski definition) is 1. The van der Waals surface area contributed by atoms with Crippen LogP contribution in [0, 0.1) is 5.92 Å². The summed E-state index contributed by atoms with van der Waals surface area (Å²) in [5, 5.41) is 9.13. The van der Waals surface area contributed by atoms with Crippen molar-refractivity contribution in [2.75, 3.05) is 13.1 Å². The fourth-order valence-electron chi connectivity index (χ4n) is 4.31. The van der Waals surface area contributed by atoms with Crippen molar-refractivity contribution in [1.29, 1.82) is 0 Å². The van der Waals surface area contributed by atoms with Gasteiger partial charge in [-0.05, 0) is 37.8 Å². The number of nitrogens with one attached hydrogen (secondary N) is 1. The maximum absolute atomic E-state index is 12.9. The first-order valence-corrected chi connectivity index (χ1v) is 11.7. The SMILES string of the molecule is CCC(CC)C(=O)N1CCCC(c2nc3c(nnn3Cc3c(Cl)cccc3Cl)c(=O)[nH]2)C1. The molecule has 10 heteroatoms. The van der Waals surface area contributed by atoms with Crippen molar-refractivity contribution in [2.24, 2.45) is 5.92 Å². The van der Waals surface area contributed by atoms with Gasteiger partial charge in [0.05, 0.1) is 6.54 Å². The topological polar surface area (TPSA) is 96.8 Å². The number of benzene rings is 1. The lowest BCUT2D eigenvalue weighted by molar-refractivity contribution is -0.137. The first kappa shape index (κ1) is 22.7. The maximum Gasteiger partial charge on any atom is 0.281 e. The standard InChI is InChI=1S/C22H26Cl2N6O2/c1-3-13(4-2)22(32)29-10-6-7-14(11-29)19-25-20-18(21(31)26-19)27-28-30(20)12-15-16(23)8-5-9-17(15)24/h5,8-9,13-14H,3-4,6-7,10-12H2,1-2H3,(H,25,26,31). The zero-order chi connectivity index (χ0) is 22.8. The molecule has 0 saturated carbocycles. The average molecular weight is 477 g/mol. The molecule has 1 fully saturated rings. The molecule has 0 aliphatic carbocycles. The molecule has 0 bridgehead atoms. The molecule has 0 spiro atoms. The van der Waals surface area contributed by atoms with E-state index in [1.807, 2.05) is 18.7 Å². The fourth-order valence-corrected chi connectivity index (χ4v) is 4.83. The number of hydrogen-bond acceptors (Lipinski definition) is 5. The van der Waals surface area contributed by atoms with E-state index in [0.29, 0.717) is 33.6 Å². The second-order valence-electron chi connectivity index (χ2n) is 8.21. The zero-order valence-corrected chi connectivity index (χ0v) is 19.7. The third-order valence-corrected chi connectivity index (χ3v) is 6.92. The Bertz CT molecular complexity index is 1170. The van der Waals surface area contributed by atoms with Crippen LogP contribution < -0.4 is 5.56 Å². The van der Waals surface area contributed by atoms with Crippen LogP contribution in [0.4, 0.5) is 0 Å². The van der Waals surface area contributed by atoms with E-state index in [-0.39, 0.29) is 35.4 Å². The highest BCUT2D eigenvalue weighted by Gasteiger charge is 2.30. The molecule has 1 aliphatic rings. The van der Waals surface area contributed by atoms with Crippen LogP contribution in [0.3, 0.4) is 0 Å². The lowest BCUT2D eigenvalue weighted by Gasteiger charge is -2.34. The van der Waals surface area contributed by atoms with E-state index >= 15 is 0 Å². The van der Waals surface area contributed by atoms with Gasteiger partial charge in [-0.1, -0.05) is 48.3 Å². The number of amides is 1. The van der Waals surface area contributed by atoms with Crippen LogP contribution >= 0.6 is 23.2 Å². The number of piperidine rings is 1. The molecule has 8 nitrogen and oxygen atoms in total. The summed E-state index contributed by atoms with van der Waals surface area (Å²) in [6.45, 7) is 5.61. The van der Waals surface area contributed by atoms with Gasteiger partial charge in [0.1, 0.15) is 5.82 Å². The second kappa shape index (κ2) is 9.58. The Morgan fingerprint density at radius 2 is 1.97 bits per heavy atom. The Labute approximate surface area is 195 Å². The summed E-state index contributed by atoms with van der Waals surface area (Å²) in [7, 11) is 0. The van der Waals surface area contributed by atoms with E-state index in [2.05, 4.69) is 15.3 Å². The molecule has 1 aromatic carbocycles. The third kappa shape index (κ3) is 4.38. The number of likely N-dealkylation sites (tertiary alicyclic amines) is 1. The molecule has 3 heterocycles. The van der Waals surface area contributed by atoms with E-state index < -0.39 is 0 Å². The number of H-pyrrole nitrogens is 1. The summed E-state index contributed by atoms with van der Waals surface area (Å²) >= 11 is 12.6. The Balaban J connectivity index is 1.65. The smallest absolute Gasteiger partial charge is 0.281 e. The van der Waals surface area contributed by atoms with Crippen LogP contribution in [0.15, 0.2) is 23.0 Å². The summed E-state index contributed by atoms with van der Waals surface area (Å²) in [5.41, 5.74) is 0.886. The lowest BCUT2D eigenvalue weighted by atomic mass is 9.94. The van der Waals surface area contributed by atoms with Crippen LogP contribution in [0.1, 0.15) is 56.8 Å². The van der Waals surface area contributed by atoms with Gasteiger partial charge in [-0.15, -0.1) is 5.10 Å². The predicted octanol–water partition coefficient (Wildman–Crippen LogP) is 4.01. The monoisotopic (exact) mass is 476 g/mol. The van der Waals surface area contributed by atoms with E-state index in [1.165, 1.54) is 4.68 Å². The number of rotatable bonds is 6. The molecular formula is C22H26Cl2N6O2. The summed E-state index contributed by atoms with van der Waals surface area (Å²) in [6, 6.07) is 5.27. The molecule has 1 saturated heterocycles. The van der Waals surface area contributed by atoms with Gasteiger partial charge in [0.15, 0.2) is 11.2 Å². The summed E-state index contributed by atoms with van der Waals surface area (Å²) < 4.78 is 1.54. The number of aromatic amines is 1. The third-order valence-electron chi connectivity index (χ3n) is 6.22. The van der Waals surface area contributed by atoms with Gasteiger partial charge in [0.2, 0.25) is 5.91 Å². The Morgan fingerprint density at radius 1 is 1.25 bits per heavy atom. The van der Waals surface area contributed by atoms with E-state index in [9.17, 15) is 9.59 Å². The van der Waals surface area contributed by atoms with Gasteiger partial charge in [0, 0.05) is 40.5 Å². The molecule has 2 aromatic heterocycles. The van der Waals surface area contributed by atoms with Crippen LogP contribution in [0.2, 0.25) is 10.0 Å². The van der Waals surface area contributed by atoms with Crippen molar-refractivity contribution in [2.45, 2.75) is 52.0 Å². The summed E-state index contributed by atoms with van der Waals surface area (Å²) in [5.74, 6) is 0.724. The summed E-state index contributed by atoms with van der Waals surface area (Å²) in [4.78, 5) is 35.1. The average Bonchev–Trinajstić information content (AvgIpc) is 3.20. The van der Waals surface area contributed by atoms with Crippen molar-refractivity contribution in [3.63, 3.8) is 0 Å². The van der Waals surface area contributed by atoms with Gasteiger partial charge < -0.3 is 9.88 Å². The molecule has 1 amide bonds. The van der Waals surface area contributed by atoms with Crippen LogP contribution in [-0.2, 0) is 11.3 Å². The van der Waals surface area contributed by atoms with Gasteiger partial charge in [-0.25, -0.2) is 9.67 Å². The molecule has 1 atom stereocenters. The Kier molecular flexibility index (Phi) is 6.81. The Hall–Kier alpha value is -2.45. The van der Waals surface area contributed by atoms with Gasteiger partial charge in [-0.3, -0.25) is 9.59 Å². The number of fused-ring (bicyclic) bond motifs is 1. The quantitative estimate of drug-likeness (QED) is 0.579. The van der Waals surface area contributed by atoms with Gasteiger partial charge >= 0.3 is 0 Å². The second-order valence-corrected chi connectivity index (χ2v) is 9.02. The van der Waals surface area contributed by atoms with E-state index in [0.717, 1.165) is 32.2 Å². The van der Waals surface area contributed by atoms with Gasteiger partial charge in [-0.2, -0.15) is 0 Å². The van der Waals surface area contributed by atoms with Crippen molar-refractivity contribution >= 4 is 40.3 Å². The highest BCUT2D eigenvalue weighted by molar-refractivity contribution is 6.36. The highest BCUT2D eigenvalue weighted by atomic mass is 35.5.